The number of nitrogens with one attached hydrogen (secondary N) is 1. The molecule has 1 aromatic rings. The molecule has 112 valence electrons. The zero-order chi connectivity index (χ0) is 14.8. The summed E-state index contributed by atoms with van der Waals surface area (Å²) < 4.78 is 22.5. The van der Waals surface area contributed by atoms with Crippen LogP contribution in [0.2, 0.25) is 0 Å². The Hall–Kier alpha value is -1.31. The SMILES string of the molecule is Nc1cc(NCC2CCCCC2O)ccc1S(N)(=O)=O. The number of primary sulfonamides is 1. The number of rotatable bonds is 4. The number of anilines is 2. The average molecular weight is 299 g/mol. The van der Waals surface area contributed by atoms with Crippen LogP contribution in [0.4, 0.5) is 11.4 Å². The first-order valence-electron chi connectivity index (χ1n) is 6.72. The fourth-order valence-corrected chi connectivity index (χ4v) is 3.24. The summed E-state index contributed by atoms with van der Waals surface area (Å²) in [5, 5.41) is 18.1. The molecule has 0 bridgehead atoms. The fourth-order valence-electron chi connectivity index (χ4n) is 2.59. The maximum absolute atomic E-state index is 11.3. The highest BCUT2D eigenvalue weighted by molar-refractivity contribution is 7.89. The standard InChI is InChI=1S/C13H21N3O3S/c14-11-7-10(5-6-13(11)20(15,18)19)16-8-9-3-1-2-4-12(9)17/h5-7,9,12,16-17H,1-4,8,14H2,(H2,15,18,19). The van der Waals surface area contributed by atoms with E-state index in [2.05, 4.69) is 5.32 Å². The lowest BCUT2D eigenvalue weighted by molar-refractivity contribution is 0.0763. The molecule has 2 unspecified atom stereocenters. The molecule has 1 aliphatic carbocycles. The van der Waals surface area contributed by atoms with Crippen molar-refractivity contribution in [1.82, 2.24) is 0 Å². The van der Waals surface area contributed by atoms with Crippen LogP contribution in [0.5, 0.6) is 0 Å². The van der Waals surface area contributed by atoms with E-state index in [1.807, 2.05) is 0 Å². The van der Waals surface area contributed by atoms with Crippen LogP contribution in [0.1, 0.15) is 25.7 Å². The van der Waals surface area contributed by atoms with Gasteiger partial charge in [0.15, 0.2) is 0 Å². The molecule has 0 radical (unpaired) electrons. The maximum Gasteiger partial charge on any atom is 0.240 e. The van der Waals surface area contributed by atoms with Crippen LogP contribution in [0.25, 0.3) is 0 Å². The molecule has 0 spiro atoms. The number of benzene rings is 1. The van der Waals surface area contributed by atoms with Crippen molar-refractivity contribution >= 4 is 21.4 Å². The Balaban J connectivity index is 2.02. The predicted molar refractivity (Wildman–Crippen MR) is 78.7 cm³/mol. The van der Waals surface area contributed by atoms with Crippen LogP contribution in [0.3, 0.4) is 0 Å². The smallest absolute Gasteiger partial charge is 0.240 e. The van der Waals surface area contributed by atoms with Crippen molar-refractivity contribution in [1.29, 1.82) is 0 Å². The van der Waals surface area contributed by atoms with Gasteiger partial charge < -0.3 is 16.2 Å². The van der Waals surface area contributed by atoms with E-state index >= 15 is 0 Å². The fraction of sp³-hybridized carbons (Fsp3) is 0.538. The number of nitrogens with two attached hydrogens (primary N) is 2. The van der Waals surface area contributed by atoms with Crippen molar-refractivity contribution in [2.75, 3.05) is 17.6 Å². The number of sulfonamides is 1. The quantitative estimate of drug-likeness (QED) is 0.615. The minimum absolute atomic E-state index is 0.0687. The summed E-state index contributed by atoms with van der Waals surface area (Å²) >= 11 is 0. The van der Waals surface area contributed by atoms with Gasteiger partial charge in [-0.05, 0) is 31.0 Å². The molecule has 6 nitrogen and oxygen atoms in total. The number of aliphatic hydroxyl groups is 1. The topological polar surface area (TPSA) is 118 Å². The van der Waals surface area contributed by atoms with Gasteiger partial charge in [-0.15, -0.1) is 0 Å². The van der Waals surface area contributed by atoms with Gasteiger partial charge in [0.05, 0.1) is 11.8 Å². The highest BCUT2D eigenvalue weighted by atomic mass is 32.2. The summed E-state index contributed by atoms with van der Waals surface area (Å²) in [7, 11) is -3.79. The van der Waals surface area contributed by atoms with Gasteiger partial charge in [-0.1, -0.05) is 12.8 Å². The lowest BCUT2D eigenvalue weighted by Crippen LogP contribution is -2.30. The summed E-state index contributed by atoms with van der Waals surface area (Å²) in [6, 6.07) is 4.57. The summed E-state index contributed by atoms with van der Waals surface area (Å²) in [6.45, 7) is 0.648. The van der Waals surface area contributed by atoms with Crippen LogP contribution < -0.4 is 16.2 Å². The second-order valence-electron chi connectivity index (χ2n) is 5.29. The minimum atomic E-state index is -3.79. The molecule has 1 aliphatic rings. The number of aliphatic hydroxyl groups excluding tert-OH is 1. The van der Waals surface area contributed by atoms with E-state index in [4.69, 9.17) is 10.9 Å². The van der Waals surface area contributed by atoms with Gasteiger partial charge in [0.1, 0.15) is 4.90 Å². The van der Waals surface area contributed by atoms with Crippen LogP contribution in [0, 0.1) is 5.92 Å². The molecule has 0 saturated heterocycles. The van der Waals surface area contributed by atoms with Gasteiger partial charge >= 0.3 is 0 Å². The first kappa shape index (κ1) is 15.1. The molecule has 6 N–H and O–H groups in total. The highest BCUT2D eigenvalue weighted by Crippen LogP contribution is 2.26. The maximum atomic E-state index is 11.3. The Bertz CT molecular complexity index is 574. The van der Waals surface area contributed by atoms with E-state index in [1.54, 1.807) is 12.1 Å². The lowest BCUT2D eigenvalue weighted by Gasteiger charge is -2.28. The van der Waals surface area contributed by atoms with Crippen molar-refractivity contribution in [3.05, 3.63) is 18.2 Å². The Morgan fingerprint density at radius 2 is 2.00 bits per heavy atom. The molecular formula is C13H21N3O3S. The first-order valence-corrected chi connectivity index (χ1v) is 8.27. The van der Waals surface area contributed by atoms with Crippen molar-refractivity contribution in [2.24, 2.45) is 11.1 Å². The van der Waals surface area contributed by atoms with Crippen LogP contribution >= 0.6 is 0 Å². The summed E-state index contributed by atoms with van der Waals surface area (Å²) in [4.78, 5) is -0.0687. The predicted octanol–water partition coefficient (Wildman–Crippen LogP) is 0.879. The average Bonchev–Trinajstić information content (AvgIpc) is 2.36. The summed E-state index contributed by atoms with van der Waals surface area (Å²) in [6.07, 6.45) is 3.79. The normalized spacial score (nSPS) is 23.5. The van der Waals surface area contributed by atoms with Crippen molar-refractivity contribution in [3.8, 4) is 0 Å². The Morgan fingerprint density at radius 1 is 1.30 bits per heavy atom. The zero-order valence-corrected chi connectivity index (χ0v) is 12.1. The highest BCUT2D eigenvalue weighted by Gasteiger charge is 2.22. The Morgan fingerprint density at radius 3 is 2.60 bits per heavy atom. The monoisotopic (exact) mass is 299 g/mol. The third-order valence-electron chi connectivity index (χ3n) is 3.75. The zero-order valence-electron chi connectivity index (χ0n) is 11.2. The largest absolute Gasteiger partial charge is 0.398 e. The molecule has 2 atom stereocenters. The molecule has 1 saturated carbocycles. The van der Waals surface area contributed by atoms with Crippen molar-refractivity contribution in [3.63, 3.8) is 0 Å². The molecule has 2 rings (SSSR count). The lowest BCUT2D eigenvalue weighted by atomic mass is 9.86. The third kappa shape index (κ3) is 3.62. The summed E-state index contributed by atoms with van der Waals surface area (Å²) in [5.41, 5.74) is 6.55. The van der Waals surface area contributed by atoms with Crippen LogP contribution in [0.15, 0.2) is 23.1 Å². The molecule has 0 aliphatic heterocycles. The molecule has 1 fully saturated rings. The van der Waals surface area contributed by atoms with Gasteiger partial charge in [-0.2, -0.15) is 0 Å². The van der Waals surface area contributed by atoms with Crippen LogP contribution in [-0.2, 0) is 10.0 Å². The molecule has 0 aromatic heterocycles. The third-order valence-corrected chi connectivity index (χ3v) is 4.74. The van der Waals surface area contributed by atoms with Gasteiger partial charge in [0.2, 0.25) is 10.0 Å². The molecule has 0 heterocycles. The number of nitrogen functional groups attached to an aromatic ring is 1. The molecule has 7 heteroatoms. The second-order valence-corrected chi connectivity index (χ2v) is 6.82. The van der Waals surface area contributed by atoms with E-state index in [0.29, 0.717) is 6.54 Å². The van der Waals surface area contributed by atoms with Crippen LogP contribution in [-0.4, -0.2) is 26.2 Å². The van der Waals surface area contributed by atoms with Gasteiger partial charge in [0.25, 0.3) is 0 Å². The number of hydrogen-bond donors (Lipinski definition) is 4. The van der Waals surface area contributed by atoms with Gasteiger partial charge in [0, 0.05) is 18.2 Å². The first-order chi connectivity index (χ1) is 9.38. The molecule has 20 heavy (non-hydrogen) atoms. The van der Waals surface area contributed by atoms with Crippen molar-refractivity contribution in [2.45, 2.75) is 36.7 Å². The number of hydrogen-bond acceptors (Lipinski definition) is 5. The molecule has 1 aromatic carbocycles. The van der Waals surface area contributed by atoms with E-state index in [1.165, 1.54) is 6.07 Å². The molecular weight excluding hydrogens is 278 g/mol. The van der Waals surface area contributed by atoms with E-state index < -0.39 is 10.0 Å². The minimum Gasteiger partial charge on any atom is -0.398 e. The van der Waals surface area contributed by atoms with E-state index in [9.17, 15) is 13.5 Å². The second kappa shape index (κ2) is 5.99. The Labute approximate surface area is 119 Å². The van der Waals surface area contributed by atoms with E-state index in [-0.39, 0.29) is 22.6 Å². The van der Waals surface area contributed by atoms with Crippen molar-refractivity contribution < 1.29 is 13.5 Å². The molecule has 0 amide bonds. The van der Waals surface area contributed by atoms with E-state index in [0.717, 1.165) is 31.4 Å². The summed E-state index contributed by atoms with van der Waals surface area (Å²) in [5.74, 6) is 0.225. The Kier molecular flexibility index (Phi) is 4.52. The van der Waals surface area contributed by atoms with Gasteiger partial charge in [-0.3, -0.25) is 0 Å². The van der Waals surface area contributed by atoms with Gasteiger partial charge in [-0.25, -0.2) is 13.6 Å².